The average molecular weight is 293 g/mol. The maximum atomic E-state index is 10.5. The predicted molar refractivity (Wildman–Crippen MR) is 78.9 cm³/mol. The molecular weight excluding hydrogens is 270 g/mol. The molecule has 5 heteroatoms. The normalized spacial score (nSPS) is 23.4. The molecule has 1 aromatic rings. The second kappa shape index (κ2) is 6.22. The molecule has 0 radical (unpaired) electrons. The molecule has 1 atom stereocenters. The number of methoxy groups -OCH3 is 1. The molecule has 1 saturated heterocycles. The molecule has 0 saturated carbocycles. The Labute approximate surface area is 125 Å². The van der Waals surface area contributed by atoms with Crippen molar-refractivity contribution in [3.63, 3.8) is 0 Å². The average Bonchev–Trinajstić information content (AvgIpc) is 2.49. The van der Waals surface area contributed by atoms with Crippen LogP contribution in [0.4, 0.5) is 0 Å². The number of piperidine rings is 1. The Morgan fingerprint density at radius 1 is 1.33 bits per heavy atom. The second-order valence-corrected chi connectivity index (χ2v) is 5.80. The van der Waals surface area contributed by atoms with Gasteiger partial charge in [-0.2, -0.15) is 0 Å². The highest BCUT2D eigenvalue weighted by Crippen LogP contribution is 2.44. The van der Waals surface area contributed by atoms with Crippen molar-refractivity contribution in [3.05, 3.63) is 23.8 Å². The molecule has 1 spiro atoms. The Balaban J connectivity index is 1.76. The highest BCUT2D eigenvalue weighted by molar-refractivity contribution is 5.43. The third kappa shape index (κ3) is 3.15. The zero-order valence-electron chi connectivity index (χ0n) is 12.4. The minimum atomic E-state index is -0.488. The molecule has 2 N–H and O–H groups in total. The van der Waals surface area contributed by atoms with E-state index < -0.39 is 6.10 Å². The minimum Gasteiger partial charge on any atom is -0.491 e. The molecule has 116 valence electrons. The van der Waals surface area contributed by atoms with E-state index in [2.05, 4.69) is 5.32 Å². The monoisotopic (exact) mass is 293 g/mol. The third-order valence-electron chi connectivity index (χ3n) is 4.30. The van der Waals surface area contributed by atoms with Gasteiger partial charge in [0.25, 0.3) is 0 Å². The topological polar surface area (TPSA) is 60.0 Å². The van der Waals surface area contributed by atoms with Crippen LogP contribution in [0.3, 0.4) is 0 Å². The van der Waals surface area contributed by atoms with Crippen LogP contribution >= 0.6 is 0 Å². The molecule has 1 fully saturated rings. The van der Waals surface area contributed by atoms with Crippen LogP contribution in [0.1, 0.15) is 30.9 Å². The molecule has 0 amide bonds. The number of benzene rings is 1. The van der Waals surface area contributed by atoms with Crippen LogP contribution in [0.25, 0.3) is 0 Å². The third-order valence-corrected chi connectivity index (χ3v) is 4.30. The van der Waals surface area contributed by atoms with E-state index in [1.807, 2.05) is 18.2 Å². The van der Waals surface area contributed by atoms with Crippen molar-refractivity contribution in [2.24, 2.45) is 0 Å². The lowest BCUT2D eigenvalue weighted by Crippen LogP contribution is -2.49. The second-order valence-electron chi connectivity index (χ2n) is 5.80. The highest BCUT2D eigenvalue weighted by Gasteiger charge is 2.41. The summed E-state index contributed by atoms with van der Waals surface area (Å²) in [6.07, 6.45) is 2.05. The summed E-state index contributed by atoms with van der Waals surface area (Å²) in [7, 11) is 1.65. The fourth-order valence-electron chi connectivity index (χ4n) is 3.14. The van der Waals surface area contributed by atoms with Gasteiger partial charge >= 0.3 is 0 Å². The van der Waals surface area contributed by atoms with Crippen molar-refractivity contribution in [1.29, 1.82) is 0 Å². The van der Waals surface area contributed by atoms with Crippen LogP contribution in [-0.4, -0.2) is 44.1 Å². The molecule has 3 rings (SSSR count). The summed E-state index contributed by atoms with van der Waals surface area (Å²) in [4.78, 5) is 0. The molecule has 21 heavy (non-hydrogen) atoms. The standard InChI is InChI=1S/C16H23NO4/c1-19-8-9-20-12-2-3-15-13(10-12)14(18)11-16(21-15)4-6-17-7-5-16/h2-3,10,14,17-18H,4-9,11H2,1H3/t14-/m0/s1. The van der Waals surface area contributed by atoms with Crippen molar-refractivity contribution in [2.75, 3.05) is 33.4 Å². The summed E-state index contributed by atoms with van der Waals surface area (Å²) in [5.41, 5.74) is 0.616. The van der Waals surface area contributed by atoms with Crippen LogP contribution in [0.5, 0.6) is 11.5 Å². The SMILES string of the molecule is COCCOc1ccc2c(c1)[C@@H](O)CC1(CCNCC1)O2. The predicted octanol–water partition coefficient (Wildman–Crippen LogP) is 1.65. The van der Waals surface area contributed by atoms with Crippen molar-refractivity contribution < 1.29 is 19.3 Å². The Hall–Kier alpha value is -1.30. The van der Waals surface area contributed by atoms with Gasteiger partial charge in [-0.1, -0.05) is 0 Å². The fraction of sp³-hybridized carbons (Fsp3) is 0.625. The van der Waals surface area contributed by atoms with Crippen molar-refractivity contribution in [1.82, 2.24) is 5.32 Å². The van der Waals surface area contributed by atoms with E-state index >= 15 is 0 Å². The van der Waals surface area contributed by atoms with Gasteiger partial charge in [-0.05, 0) is 44.1 Å². The van der Waals surface area contributed by atoms with Crippen molar-refractivity contribution >= 4 is 0 Å². The number of hydrogen-bond donors (Lipinski definition) is 2. The first kappa shape index (κ1) is 14.6. The number of hydrogen-bond acceptors (Lipinski definition) is 5. The van der Waals surface area contributed by atoms with Gasteiger partial charge in [0.05, 0.1) is 12.7 Å². The zero-order chi connectivity index (χ0) is 14.7. The molecule has 2 aliphatic rings. The first-order chi connectivity index (χ1) is 10.2. The van der Waals surface area contributed by atoms with E-state index in [0.717, 1.165) is 43.0 Å². The highest BCUT2D eigenvalue weighted by atomic mass is 16.5. The number of aliphatic hydroxyl groups is 1. The summed E-state index contributed by atoms with van der Waals surface area (Å²) < 4.78 is 16.8. The Morgan fingerprint density at radius 3 is 2.90 bits per heavy atom. The van der Waals surface area contributed by atoms with Crippen LogP contribution in [0.15, 0.2) is 18.2 Å². The maximum absolute atomic E-state index is 10.5. The smallest absolute Gasteiger partial charge is 0.126 e. The molecule has 5 nitrogen and oxygen atoms in total. The summed E-state index contributed by atoms with van der Waals surface area (Å²) in [6, 6.07) is 5.68. The van der Waals surface area contributed by atoms with Gasteiger partial charge in [-0.25, -0.2) is 0 Å². The van der Waals surface area contributed by atoms with Gasteiger partial charge in [0, 0.05) is 19.1 Å². The molecule has 0 aliphatic carbocycles. The van der Waals surface area contributed by atoms with Crippen LogP contribution < -0.4 is 14.8 Å². The number of aliphatic hydroxyl groups excluding tert-OH is 1. The molecule has 2 heterocycles. The van der Waals surface area contributed by atoms with Crippen LogP contribution in [0, 0.1) is 0 Å². The van der Waals surface area contributed by atoms with Gasteiger partial charge in [0.1, 0.15) is 23.7 Å². The van der Waals surface area contributed by atoms with E-state index in [1.54, 1.807) is 7.11 Å². The summed E-state index contributed by atoms with van der Waals surface area (Å²) >= 11 is 0. The van der Waals surface area contributed by atoms with E-state index in [1.165, 1.54) is 0 Å². The van der Waals surface area contributed by atoms with Gasteiger partial charge in [-0.3, -0.25) is 0 Å². The summed E-state index contributed by atoms with van der Waals surface area (Å²) in [5.74, 6) is 1.53. The van der Waals surface area contributed by atoms with E-state index in [4.69, 9.17) is 14.2 Å². The zero-order valence-corrected chi connectivity index (χ0v) is 12.4. The fourth-order valence-corrected chi connectivity index (χ4v) is 3.14. The van der Waals surface area contributed by atoms with Crippen molar-refractivity contribution in [3.8, 4) is 11.5 Å². The molecule has 0 bridgehead atoms. The summed E-state index contributed by atoms with van der Waals surface area (Å²) in [5, 5.41) is 13.8. The largest absolute Gasteiger partial charge is 0.491 e. The molecule has 0 unspecified atom stereocenters. The van der Waals surface area contributed by atoms with E-state index in [9.17, 15) is 5.11 Å². The first-order valence-electron chi connectivity index (χ1n) is 7.56. The van der Waals surface area contributed by atoms with Crippen LogP contribution in [-0.2, 0) is 4.74 Å². The Bertz CT molecular complexity index is 485. The number of rotatable bonds is 4. The molecule has 2 aliphatic heterocycles. The maximum Gasteiger partial charge on any atom is 0.126 e. The van der Waals surface area contributed by atoms with Gasteiger partial charge < -0.3 is 24.6 Å². The van der Waals surface area contributed by atoms with Crippen LogP contribution in [0.2, 0.25) is 0 Å². The molecule has 0 aromatic heterocycles. The summed E-state index contributed by atoms with van der Waals surface area (Å²) in [6.45, 7) is 2.94. The van der Waals surface area contributed by atoms with E-state index in [0.29, 0.717) is 19.6 Å². The lowest BCUT2D eigenvalue weighted by molar-refractivity contribution is -0.0338. The lowest BCUT2D eigenvalue weighted by Gasteiger charge is -2.43. The molecule has 1 aromatic carbocycles. The lowest BCUT2D eigenvalue weighted by atomic mass is 9.82. The number of nitrogens with one attached hydrogen (secondary N) is 1. The first-order valence-corrected chi connectivity index (χ1v) is 7.56. The van der Waals surface area contributed by atoms with Gasteiger partial charge in [0.15, 0.2) is 0 Å². The number of fused-ring (bicyclic) bond motifs is 1. The van der Waals surface area contributed by atoms with Gasteiger partial charge in [0.2, 0.25) is 0 Å². The molecular formula is C16H23NO4. The van der Waals surface area contributed by atoms with E-state index in [-0.39, 0.29) is 5.60 Å². The Kier molecular flexibility index (Phi) is 4.33. The number of ether oxygens (including phenoxy) is 3. The quantitative estimate of drug-likeness (QED) is 0.827. The minimum absolute atomic E-state index is 0.212. The van der Waals surface area contributed by atoms with Crippen molar-refractivity contribution in [2.45, 2.75) is 31.0 Å². The Morgan fingerprint density at radius 2 is 2.14 bits per heavy atom. The van der Waals surface area contributed by atoms with Gasteiger partial charge in [-0.15, -0.1) is 0 Å².